The molecule has 2 rings (SSSR count). The molecule has 0 aliphatic carbocycles. The van der Waals surface area contributed by atoms with Crippen molar-refractivity contribution in [3.8, 4) is 0 Å². The number of aromatic nitrogens is 1. The third-order valence-electron chi connectivity index (χ3n) is 3.52. The first-order chi connectivity index (χ1) is 9.95. The number of fused-ring (bicyclic) bond motifs is 1. The Labute approximate surface area is 125 Å². The SMILES string of the molecule is CC(C)C(CCN)NS(=O)(=O)c1cccc2cnccc12. The third kappa shape index (κ3) is 3.58. The van der Waals surface area contributed by atoms with Gasteiger partial charge in [0, 0.05) is 29.2 Å². The number of pyridine rings is 1. The molecule has 21 heavy (non-hydrogen) atoms. The predicted octanol–water partition coefficient (Wildman–Crippen LogP) is 1.89. The van der Waals surface area contributed by atoms with Crippen LogP contribution < -0.4 is 10.5 Å². The summed E-state index contributed by atoms with van der Waals surface area (Å²) in [7, 11) is -3.59. The lowest BCUT2D eigenvalue weighted by atomic mass is 10.0. The van der Waals surface area contributed by atoms with E-state index in [1.165, 1.54) is 0 Å². The van der Waals surface area contributed by atoms with Crippen LogP contribution in [0.3, 0.4) is 0 Å². The Morgan fingerprint density at radius 1 is 1.29 bits per heavy atom. The van der Waals surface area contributed by atoms with Crippen molar-refractivity contribution in [2.24, 2.45) is 11.7 Å². The van der Waals surface area contributed by atoms with Crippen molar-refractivity contribution >= 4 is 20.8 Å². The Kier molecular flexibility index (Phi) is 4.92. The summed E-state index contributed by atoms with van der Waals surface area (Å²) in [6.07, 6.45) is 3.87. The third-order valence-corrected chi connectivity index (χ3v) is 5.07. The van der Waals surface area contributed by atoms with Crippen molar-refractivity contribution in [2.75, 3.05) is 6.54 Å². The molecule has 1 unspecified atom stereocenters. The lowest BCUT2D eigenvalue weighted by Gasteiger charge is -2.22. The van der Waals surface area contributed by atoms with Crippen LogP contribution in [0.25, 0.3) is 10.8 Å². The summed E-state index contributed by atoms with van der Waals surface area (Å²) in [4.78, 5) is 4.31. The van der Waals surface area contributed by atoms with Crippen molar-refractivity contribution in [3.05, 3.63) is 36.7 Å². The summed E-state index contributed by atoms with van der Waals surface area (Å²) in [6, 6.07) is 6.74. The highest BCUT2D eigenvalue weighted by atomic mass is 32.2. The number of nitrogens with two attached hydrogens (primary N) is 1. The molecule has 0 aliphatic heterocycles. The van der Waals surface area contributed by atoms with Crippen molar-refractivity contribution in [3.63, 3.8) is 0 Å². The van der Waals surface area contributed by atoms with Gasteiger partial charge in [0.15, 0.2) is 0 Å². The van der Waals surface area contributed by atoms with Crippen molar-refractivity contribution in [1.29, 1.82) is 0 Å². The summed E-state index contributed by atoms with van der Waals surface area (Å²) >= 11 is 0. The Bertz CT molecular complexity index is 708. The van der Waals surface area contributed by atoms with Crippen molar-refractivity contribution in [2.45, 2.75) is 31.2 Å². The normalized spacial score (nSPS) is 13.7. The van der Waals surface area contributed by atoms with Gasteiger partial charge in [-0.2, -0.15) is 0 Å². The van der Waals surface area contributed by atoms with Gasteiger partial charge >= 0.3 is 0 Å². The number of sulfonamides is 1. The Balaban J connectivity index is 2.42. The number of hydrogen-bond donors (Lipinski definition) is 2. The fraction of sp³-hybridized carbons (Fsp3) is 0.400. The highest BCUT2D eigenvalue weighted by Gasteiger charge is 2.23. The van der Waals surface area contributed by atoms with Gasteiger partial charge in [0.2, 0.25) is 10.0 Å². The van der Waals surface area contributed by atoms with Crippen LogP contribution in [-0.4, -0.2) is 26.0 Å². The van der Waals surface area contributed by atoms with Crippen LogP contribution >= 0.6 is 0 Å². The van der Waals surface area contributed by atoms with E-state index in [1.54, 1.807) is 30.6 Å². The molecule has 0 bridgehead atoms. The molecule has 1 aromatic heterocycles. The molecule has 1 aromatic carbocycles. The molecular weight excluding hydrogens is 286 g/mol. The molecule has 2 aromatic rings. The van der Waals surface area contributed by atoms with Crippen LogP contribution in [0.4, 0.5) is 0 Å². The van der Waals surface area contributed by atoms with Crippen LogP contribution in [0.5, 0.6) is 0 Å². The van der Waals surface area contributed by atoms with Crippen LogP contribution in [0, 0.1) is 5.92 Å². The van der Waals surface area contributed by atoms with Crippen LogP contribution in [-0.2, 0) is 10.0 Å². The average Bonchev–Trinajstić information content (AvgIpc) is 2.46. The fourth-order valence-corrected chi connectivity index (χ4v) is 3.95. The van der Waals surface area contributed by atoms with Gasteiger partial charge in [-0.15, -0.1) is 0 Å². The first kappa shape index (κ1) is 15.9. The highest BCUT2D eigenvalue weighted by Crippen LogP contribution is 2.22. The largest absolute Gasteiger partial charge is 0.330 e. The van der Waals surface area contributed by atoms with E-state index >= 15 is 0 Å². The Hall–Kier alpha value is -1.50. The van der Waals surface area contributed by atoms with Gasteiger partial charge < -0.3 is 5.73 Å². The second-order valence-corrected chi connectivity index (χ2v) is 7.08. The second-order valence-electron chi connectivity index (χ2n) is 5.40. The quantitative estimate of drug-likeness (QED) is 0.853. The highest BCUT2D eigenvalue weighted by molar-refractivity contribution is 7.89. The van der Waals surface area contributed by atoms with Crippen molar-refractivity contribution in [1.82, 2.24) is 9.71 Å². The van der Waals surface area contributed by atoms with Gasteiger partial charge in [0.25, 0.3) is 0 Å². The molecule has 3 N–H and O–H groups in total. The second kappa shape index (κ2) is 6.51. The Morgan fingerprint density at radius 2 is 2.05 bits per heavy atom. The first-order valence-electron chi connectivity index (χ1n) is 7.01. The number of nitrogens with one attached hydrogen (secondary N) is 1. The topological polar surface area (TPSA) is 85.1 Å². The molecule has 0 saturated heterocycles. The smallest absolute Gasteiger partial charge is 0.241 e. The summed E-state index contributed by atoms with van der Waals surface area (Å²) in [5, 5.41) is 1.48. The minimum atomic E-state index is -3.59. The zero-order chi connectivity index (χ0) is 15.5. The lowest BCUT2D eigenvalue weighted by molar-refractivity contribution is 0.428. The van der Waals surface area contributed by atoms with Crippen LogP contribution in [0.2, 0.25) is 0 Å². The van der Waals surface area contributed by atoms with E-state index in [0.717, 1.165) is 5.39 Å². The zero-order valence-corrected chi connectivity index (χ0v) is 13.1. The van der Waals surface area contributed by atoms with Gasteiger partial charge in [0.1, 0.15) is 0 Å². The Morgan fingerprint density at radius 3 is 2.71 bits per heavy atom. The summed E-state index contributed by atoms with van der Waals surface area (Å²) in [6.45, 7) is 4.41. The van der Waals surface area contributed by atoms with E-state index in [-0.39, 0.29) is 16.9 Å². The number of hydrogen-bond acceptors (Lipinski definition) is 4. The molecule has 0 aliphatic rings. The van der Waals surface area contributed by atoms with E-state index in [0.29, 0.717) is 18.4 Å². The van der Waals surface area contributed by atoms with Crippen molar-refractivity contribution < 1.29 is 8.42 Å². The maximum atomic E-state index is 12.7. The number of nitrogens with zero attached hydrogens (tertiary/aromatic N) is 1. The first-order valence-corrected chi connectivity index (χ1v) is 8.49. The van der Waals surface area contributed by atoms with Gasteiger partial charge in [0.05, 0.1) is 4.90 Å². The molecule has 0 amide bonds. The molecule has 0 radical (unpaired) electrons. The van der Waals surface area contributed by atoms with Gasteiger partial charge in [-0.1, -0.05) is 26.0 Å². The molecule has 0 saturated carbocycles. The van der Waals surface area contributed by atoms with E-state index in [1.807, 2.05) is 19.9 Å². The summed E-state index contributed by atoms with van der Waals surface area (Å²) in [5.74, 6) is 0.181. The molecule has 0 spiro atoms. The lowest BCUT2D eigenvalue weighted by Crippen LogP contribution is -2.39. The summed E-state index contributed by atoms with van der Waals surface area (Å²) in [5.41, 5.74) is 5.57. The van der Waals surface area contributed by atoms with Crippen LogP contribution in [0.1, 0.15) is 20.3 Å². The van der Waals surface area contributed by atoms with E-state index in [2.05, 4.69) is 9.71 Å². The molecular formula is C15H21N3O2S. The van der Waals surface area contributed by atoms with Gasteiger partial charge in [-0.25, -0.2) is 13.1 Å². The van der Waals surface area contributed by atoms with Gasteiger partial charge in [-0.05, 0) is 31.0 Å². The predicted molar refractivity (Wildman–Crippen MR) is 84.4 cm³/mol. The minimum Gasteiger partial charge on any atom is -0.330 e. The van der Waals surface area contributed by atoms with E-state index in [9.17, 15) is 8.42 Å². The molecule has 6 heteroatoms. The maximum absolute atomic E-state index is 12.7. The zero-order valence-electron chi connectivity index (χ0n) is 12.3. The maximum Gasteiger partial charge on any atom is 0.241 e. The molecule has 5 nitrogen and oxygen atoms in total. The van der Waals surface area contributed by atoms with Gasteiger partial charge in [-0.3, -0.25) is 4.98 Å². The minimum absolute atomic E-state index is 0.169. The molecule has 0 fully saturated rings. The molecule has 1 heterocycles. The fourth-order valence-electron chi connectivity index (χ4n) is 2.30. The van der Waals surface area contributed by atoms with E-state index < -0.39 is 10.0 Å². The standard InChI is InChI=1S/C15H21N3O2S/c1-11(2)14(6-8-16)18-21(19,20)15-5-3-4-12-10-17-9-7-13(12)15/h3-5,7,9-11,14,18H,6,8,16H2,1-2H3. The van der Waals surface area contributed by atoms with E-state index in [4.69, 9.17) is 5.73 Å². The number of benzene rings is 1. The van der Waals surface area contributed by atoms with Crippen LogP contribution in [0.15, 0.2) is 41.6 Å². The number of rotatable bonds is 6. The average molecular weight is 307 g/mol. The summed E-state index contributed by atoms with van der Waals surface area (Å²) < 4.78 is 28.1. The monoisotopic (exact) mass is 307 g/mol. The molecule has 1 atom stereocenters. The molecule has 114 valence electrons.